The van der Waals surface area contributed by atoms with E-state index < -0.39 is 10.0 Å². The molecule has 2 aromatic heterocycles. The van der Waals surface area contributed by atoms with E-state index in [0.717, 1.165) is 10.4 Å². The summed E-state index contributed by atoms with van der Waals surface area (Å²) in [4.78, 5) is 31.4. The minimum atomic E-state index is -3.43. The third kappa shape index (κ3) is 5.13. The average molecular weight is 463 g/mol. The Hall–Kier alpha value is -2.72. The number of carbonyl (C=O) groups excluding carboxylic acids is 1. The lowest BCUT2D eigenvalue weighted by molar-refractivity contribution is -0.116. The van der Waals surface area contributed by atoms with E-state index in [1.807, 2.05) is 13.8 Å². The second kappa shape index (κ2) is 9.19. The number of thiophene rings is 1. The molecule has 2 N–H and O–H groups in total. The Bertz CT molecular complexity index is 1290. The zero-order valence-corrected chi connectivity index (χ0v) is 19.6. The predicted octanol–water partition coefficient (Wildman–Crippen LogP) is 3.56. The van der Waals surface area contributed by atoms with E-state index in [1.54, 1.807) is 32.0 Å². The van der Waals surface area contributed by atoms with Crippen LogP contribution < -0.4 is 15.6 Å². The molecule has 10 heteroatoms. The minimum absolute atomic E-state index is 0.0271. The molecule has 0 unspecified atom stereocenters. The number of carbonyl (C=O) groups is 1. The van der Waals surface area contributed by atoms with Crippen LogP contribution in [0.4, 0.5) is 11.4 Å². The van der Waals surface area contributed by atoms with Crippen molar-refractivity contribution < 1.29 is 13.2 Å². The number of amides is 1. The minimum Gasteiger partial charge on any atom is -0.326 e. The molecule has 0 bridgehead atoms. The Labute approximate surface area is 185 Å². The molecule has 0 radical (unpaired) electrons. The summed E-state index contributed by atoms with van der Waals surface area (Å²) in [5, 5.41) is 3.41. The lowest BCUT2D eigenvalue weighted by atomic mass is 10.1. The Morgan fingerprint density at radius 2 is 1.87 bits per heavy atom. The largest absolute Gasteiger partial charge is 0.326 e. The molecule has 0 atom stereocenters. The molecule has 166 valence electrons. The average Bonchev–Trinajstić information content (AvgIpc) is 2.99. The fourth-order valence-electron chi connectivity index (χ4n) is 3.23. The topological polar surface area (TPSA) is 110 Å². The van der Waals surface area contributed by atoms with Crippen molar-refractivity contribution in [2.24, 2.45) is 0 Å². The van der Waals surface area contributed by atoms with Crippen LogP contribution in [0.15, 0.2) is 29.3 Å². The quantitative estimate of drug-likeness (QED) is 0.532. The third-order valence-corrected chi connectivity index (χ3v) is 7.67. The number of hydrogen-bond acceptors (Lipinski definition) is 6. The number of rotatable bonds is 8. The summed E-state index contributed by atoms with van der Waals surface area (Å²) in [7, 11) is -3.43. The maximum atomic E-state index is 12.8. The molecule has 8 nitrogen and oxygen atoms in total. The van der Waals surface area contributed by atoms with Gasteiger partial charge in [-0.1, -0.05) is 13.0 Å². The summed E-state index contributed by atoms with van der Waals surface area (Å²) < 4.78 is 28.1. The molecule has 3 rings (SSSR count). The van der Waals surface area contributed by atoms with Gasteiger partial charge in [-0.15, -0.1) is 11.3 Å². The first kappa shape index (κ1) is 23.0. The monoisotopic (exact) mass is 462 g/mol. The van der Waals surface area contributed by atoms with Crippen molar-refractivity contribution in [3.63, 3.8) is 0 Å². The number of aromatic nitrogens is 2. The molecule has 3 aromatic rings. The Kier molecular flexibility index (Phi) is 6.80. The second-order valence-corrected chi connectivity index (χ2v) is 10.4. The van der Waals surface area contributed by atoms with Crippen molar-refractivity contribution >= 4 is 48.9 Å². The van der Waals surface area contributed by atoms with Gasteiger partial charge in [0.1, 0.15) is 4.83 Å². The van der Waals surface area contributed by atoms with E-state index in [4.69, 9.17) is 0 Å². The summed E-state index contributed by atoms with van der Waals surface area (Å²) in [6.07, 6.45) is 2.07. The van der Waals surface area contributed by atoms with E-state index in [9.17, 15) is 18.0 Å². The van der Waals surface area contributed by atoms with Gasteiger partial charge in [-0.25, -0.2) is 13.4 Å². The SMILES string of the molecule is CCCS(=O)(=O)Nc1cccc(NC(=O)CCn2cnc3sc(C)c(C)c3c2=O)c1C. The van der Waals surface area contributed by atoms with Crippen LogP contribution in [0.2, 0.25) is 0 Å². The smallest absolute Gasteiger partial charge is 0.262 e. The molecule has 0 saturated carbocycles. The number of aryl methyl sites for hydroxylation is 3. The number of sulfonamides is 1. The van der Waals surface area contributed by atoms with E-state index >= 15 is 0 Å². The maximum absolute atomic E-state index is 12.8. The van der Waals surface area contributed by atoms with Gasteiger partial charge in [0.15, 0.2) is 0 Å². The maximum Gasteiger partial charge on any atom is 0.262 e. The van der Waals surface area contributed by atoms with E-state index in [1.165, 1.54) is 22.2 Å². The molecule has 0 spiro atoms. The molecular weight excluding hydrogens is 436 g/mol. The zero-order chi connectivity index (χ0) is 22.8. The van der Waals surface area contributed by atoms with Crippen LogP contribution in [-0.2, 0) is 21.4 Å². The van der Waals surface area contributed by atoms with Crippen molar-refractivity contribution in [3.8, 4) is 0 Å². The predicted molar refractivity (Wildman–Crippen MR) is 125 cm³/mol. The van der Waals surface area contributed by atoms with Crippen molar-refractivity contribution in [1.29, 1.82) is 0 Å². The van der Waals surface area contributed by atoms with Crippen LogP contribution in [0.3, 0.4) is 0 Å². The first-order valence-corrected chi connectivity index (χ1v) is 12.4. The first-order chi connectivity index (χ1) is 14.6. The summed E-state index contributed by atoms with van der Waals surface area (Å²) in [5.74, 6) is -0.249. The highest BCUT2D eigenvalue weighted by Gasteiger charge is 2.15. The molecule has 0 saturated heterocycles. The highest BCUT2D eigenvalue weighted by Crippen LogP contribution is 2.26. The summed E-state index contributed by atoms with van der Waals surface area (Å²) >= 11 is 1.48. The highest BCUT2D eigenvalue weighted by atomic mass is 32.2. The molecule has 1 amide bonds. The lowest BCUT2D eigenvalue weighted by Gasteiger charge is -2.14. The van der Waals surface area contributed by atoms with Crippen molar-refractivity contribution in [2.75, 3.05) is 15.8 Å². The molecule has 2 heterocycles. The van der Waals surface area contributed by atoms with Gasteiger partial charge in [-0.3, -0.25) is 18.9 Å². The fourth-order valence-corrected chi connectivity index (χ4v) is 5.42. The normalized spacial score (nSPS) is 11.6. The third-order valence-electron chi connectivity index (χ3n) is 5.08. The molecule has 31 heavy (non-hydrogen) atoms. The standard InChI is InChI=1S/C21H26N4O4S2/c1-5-11-31(28,29)24-17-8-6-7-16(14(17)3)23-18(26)9-10-25-12-22-20-19(21(25)27)13(2)15(4)30-20/h6-8,12,24H,5,9-11H2,1-4H3,(H,23,26). The number of fused-ring (bicyclic) bond motifs is 1. The number of nitrogens with zero attached hydrogens (tertiary/aromatic N) is 2. The van der Waals surface area contributed by atoms with E-state index in [2.05, 4.69) is 15.0 Å². The number of hydrogen-bond donors (Lipinski definition) is 2. The van der Waals surface area contributed by atoms with Crippen molar-refractivity contribution in [3.05, 3.63) is 50.9 Å². The number of benzene rings is 1. The number of anilines is 2. The van der Waals surface area contributed by atoms with E-state index in [-0.39, 0.29) is 30.2 Å². The van der Waals surface area contributed by atoms with Crippen LogP contribution in [-0.4, -0.2) is 29.6 Å². The Morgan fingerprint density at radius 1 is 1.16 bits per heavy atom. The van der Waals surface area contributed by atoms with Gasteiger partial charge in [0.25, 0.3) is 5.56 Å². The van der Waals surface area contributed by atoms with E-state index in [0.29, 0.717) is 33.6 Å². The lowest BCUT2D eigenvalue weighted by Crippen LogP contribution is -2.24. The van der Waals surface area contributed by atoms with Gasteiger partial charge in [-0.2, -0.15) is 0 Å². The van der Waals surface area contributed by atoms with Gasteiger partial charge in [-0.05, 0) is 50.5 Å². The van der Waals surface area contributed by atoms with Gasteiger partial charge in [0.05, 0.1) is 23.2 Å². The summed E-state index contributed by atoms with van der Waals surface area (Å²) in [6.45, 7) is 7.59. The molecule has 0 aliphatic rings. The fraction of sp³-hybridized carbons (Fsp3) is 0.381. The Balaban J connectivity index is 1.71. The number of nitrogens with one attached hydrogen (secondary N) is 2. The highest BCUT2D eigenvalue weighted by molar-refractivity contribution is 7.92. The molecule has 0 fully saturated rings. The molecular formula is C21H26N4O4S2. The van der Waals surface area contributed by atoms with Gasteiger partial charge in [0.2, 0.25) is 15.9 Å². The zero-order valence-electron chi connectivity index (χ0n) is 18.0. The second-order valence-electron chi connectivity index (χ2n) is 7.40. The van der Waals surface area contributed by atoms with Gasteiger partial charge in [0, 0.05) is 23.5 Å². The summed E-state index contributed by atoms with van der Waals surface area (Å²) in [6, 6.07) is 5.04. The van der Waals surface area contributed by atoms with Crippen LogP contribution in [0.25, 0.3) is 10.2 Å². The first-order valence-electron chi connectivity index (χ1n) is 9.98. The molecule has 0 aliphatic heterocycles. The molecule has 0 aliphatic carbocycles. The van der Waals surface area contributed by atoms with Crippen LogP contribution in [0.1, 0.15) is 35.8 Å². The Morgan fingerprint density at radius 3 is 2.58 bits per heavy atom. The van der Waals surface area contributed by atoms with Gasteiger partial charge < -0.3 is 5.32 Å². The van der Waals surface area contributed by atoms with Crippen LogP contribution in [0.5, 0.6) is 0 Å². The van der Waals surface area contributed by atoms with Crippen LogP contribution >= 0.6 is 11.3 Å². The van der Waals surface area contributed by atoms with Crippen LogP contribution in [0, 0.1) is 20.8 Å². The summed E-state index contributed by atoms with van der Waals surface area (Å²) in [5.41, 5.74) is 2.35. The van der Waals surface area contributed by atoms with Crippen molar-refractivity contribution in [1.82, 2.24) is 9.55 Å². The van der Waals surface area contributed by atoms with Gasteiger partial charge >= 0.3 is 0 Å². The molecule has 1 aromatic carbocycles. The van der Waals surface area contributed by atoms with Crippen molar-refractivity contribution in [2.45, 2.75) is 47.1 Å².